The molecule has 1 aliphatic heterocycles. The minimum atomic E-state index is -0.945. The molecule has 30 heavy (non-hydrogen) atoms. The van der Waals surface area contributed by atoms with Crippen LogP contribution in [0.4, 0.5) is 5.13 Å². The van der Waals surface area contributed by atoms with Gasteiger partial charge in [0.1, 0.15) is 17.6 Å². The summed E-state index contributed by atoms with van der Waals surface area (Å²) in [5.74, 6) is -1.56. The number of rotatable bonds is 3. The Kier molecular flexibility index (Phi) is 4.42. The van der Waals surface area contributed by atoms with Crippen LogP contribution in [0.3, 0.4) is 0 Å². The topological polar surface area (TPSA) is 83.6 Å². The molecule has 1 unspecified atom stereocenters. The first-order valence-corrected chi connectivity index (χ1v) is 10.2. The molecule has 0 bridgehead atoms. The fraction of sp³-hybridized carbons (Fsp3) is 0.0455. The number of Topliss-reactive ketones (excluding diaryl/α,β-unsaturated/α-hetero) is 1. The number of anilines is 1. The van der Waals surface area contributed by atoms with Gasteiger partial charge in [0, 0.05) is 10.6 Å². The first kappa shape index (κ1) is 18.6. The maximum Gasteiger partial charge on any atom is 0.302 e. The summed E-state index contributed by atoms with van der Waals surface area (Å²) in [4.78, 5) is 31.8. The smallest absolute Gasteiger partial charge is 0.302 e. The van der Waals surface area contributed by atoms with Crippen molar-refractivity contribution in [3.63, 3.8) is 0 Å². The number of nitrogens with zero attached hydrogens (tertiary/aromatic N) is 2. The molecule has 6 nitrogen and oxygen atoms in total. The molecule has 148 valence electrons. The van der Waals surface area contributed by atoms with Crippen molar-refractivity contribution < 1.29 is 19.1 Å². The molecule has 0 radical (unpaired) electrons. The molecule has 2 aromatic carbocycles. The highest BCUT2D eigenvalue weighted by atomic mass is 35.5. The number of fused-ring (bicyclic) bond motifs is 1. The quantitative estimate of drug-likeness (QED) is 0.272. The Hall–Kier alpha value is -3.42. The van der Waals surface area contributed by atoms with Crippen LogP contribution in [-0.4, -0.2) is 21.8 Å². The predicted octanol–water partition coefficient (Wildman–Crippen LogP) is 5.17. The molecular formula is C22H13ClN2O4S. The molecule has 1 N–H and O–H groups in total. The van der Waals surface area contributed by atoms with E-state index in [1.807, 2.05) is 24.3 Å². The largest absolute Gasteiger partial charge is 0.507 e. The van der Waals surface area contributed by atoms with E-state index in [-0.39, 0.29) is 11.3 Å². The van der Waals surface area contributed by atoms with Gasteiger partial charge in [0.25, 0.3) is 5.78 Å². The molecule has 4 aromatic rings. The molecule has 1 saturated heterocycles. The molecule has 8 heteroatoms. The van der Waals surface area contributed by atoms with Gasteiger partial charge in [-0.15, -0.1) is 0 Å². The Morgan fingerprint density at radius 2 is 1.93 bits per heavy atom. The van der Waals surface area contributed by atoms with E-state index < -0.39 is 17.7 Å². The van der Waals surface area contributed by atoms with Crippen molar-refractivity contribution in [2.24, 2.45) is 0 Å². The van der Waals surface area contributed by atoms with E-state index in [1.165, 1.54) is 28.6 Å². The minimum Gasteiger partial charge on any atom is -0.507 e. The third-order valence-electron chi connectivity index (χ3n) is 4.84. The maximum atomic E-state index is 13.0. The molecule has 0 saturated carbocycles. The number of aliphatic hydroxyl groups excluding tert-OH is 1. The van der Waals surface area contributed by atoms with Crippen LogP contribution in [0.15, 0.2) is 76.9 Å². The Labute approximate surface area is 179 Å². The zero-order valence-electron chi connectivity index (χ0n) is 15.3. The van der Waals surface area contributed by atoms with Gasteiger partial charge in [0.05, 0.1) is 22.1 Å². The first-order valence-electron chi connectivity index (χ1n) is 9.00. The lowest BCUT2D eigenvalue weighted by Crippen LogP contribution is -2.29. The summed E-state index contributed by atoms with van der Waals surface area (Å²) in [5.41, 5.74) is 0.977. The SMILES string of the molecule is O=C1C(=O)N(c2nc3ccccc3s2)C(c2ccco2)/C1=C(\O)c1cccc(Cl)c1. The number of amides is 1. The summed E-state index contributed by atoms with van der Waals surface area (Å²) < 4.78 is 6.42. The zero-order chi connectivity index (χ0) is 20.8. The molecule has 1 fully saturated rings. The summed E-state index contributed by atoms with van der Waals surface area (Å²) in [6, 6.07) is 16.3. The highest BCUT2D eigenvalue weighted by molar-refractivity contribution is 7.22. The van der Waals surface area contributed by atoms with Gasteiger partial charge in [0.15, 0.2) is 5.13 Å². The van der Waals surface area contributed by atoms with Gasteiger partial charge in [-0.3, -0.25) is 14.5 Å². The van der Waals surface area contributed by atoms with Crippen LogP contribution < -0.4 is 4.90 Å². The van der Waals surface area contributed by atoms with E-state index in [0.29, 0.717) is 27.0 Å². The molecule has 0 spiro atoms. The van der Waals surface area contributed by atoms with Gasteiger partial charge in [-0.1, -0.05) is 47.2 Å². The highest BCUT2D eigenvalue weighted by Crippen LogP contribution is 2.44. The average molecular weight is 437 g/mol. The molecule has 5 rings (SSSR count). The van der Waals surface area contributed by atoms with E-state index in [2.05, 4.69) is 4.98 Å². The van der Waals surface area contributed by atoms with Crippen LogP contribution in [0.2, 0.25) is 5.02 Å². The molecule has 1 atom stereocenters. The molecule has 1 aliphatic rings. The predicted molar refractivity (Wildman–Crippen MR) is 115 cm³/mol. The van der Waals surface area contributed by atoms with Crippen molar-refractivity contribution in [2.75, 3.05) is 4.90 Å². The lowest BCUT2D eigenvalue weighted by atomic mass is 9.99. The zero-order valence-corrected chi connectivity index (χ0v) is 16.9. The van der Waals surface area contributed by atoms with E-state index in [1.54, 1.807) is 30.3 Å². The summed E-state index contributed by atoms with van der Waals surface area (Å²) >= 11 is 7.33. The van der Waals surface area contributed by atoms with Crippen molar-refractivity contribution in [3.8, 4) is 0 Å². The van der Waals surface area contributed by atoms with Crippen LogP contribution >= 0.6 is 22.9 Å². The van der Waals surface area contributed by atoms with E-state index >= 15 is 0 Å². The van der Waals surface area contributed by atoms with Crippen molar-refractivity contribution in [1.29, 1.82) is 0 Å². The summed E-state index contributed by atoms with van der Waals surface area (Å²) in [5, 5.41) is 11.7. The van der Waals surface area contributed by atoms with Crippen LogP contribution in [0.1, 0.15) is 17.4 Å². The van der Waals surface area contributed by atoms with Gasteiger partial charge in [-0.2, -0.15) is 0 Å². The summed E-state index contributed by atoms with van der Waals surface area (Å²) in [7, 11) is 0. The average Bonchev–Trinajstić information content (AvgIpc) is 3.46. The number of halogens is 1. The number of benzene rings is 2. The van der Waals surface area contributed by atoms with Crippen LogP contribution in [0.25, 0.3) is 16.0 Å². The van der Waals surface area contributed by atoms with E-state index in [9.17, 15) is 14.7 Å². The molecule has 1 amide bonds. The number of hydrogen-bond donors (Lipinski definition) is 1. The normalized spacial score (nSPS) is 18.4. The number of para-hydroxylation sites is 1. The van der Waals surface area contributed by atoms with Crippen molar-refractivity contribution >= 4 is 55.7 Å². The summed E-state index contributed by atoms with van der Waals surface area (Å²) in [6.45, 7) is 0. The Balaban J connectivity index is 1.73. The van der Waals surface area contributed by atoms with Gasteiger partial charge in [-0.25, -0.2) is 4.98 Å². The van der Waals surface area contributed by atoms with Crippen LogP contribution in [0.5, 0.6) is 0 Å². The number of hydrogen-bond acceptors (Lipinski definition) is 6. The van der Waals surface area contributed by atoms with Gasteiger partial charge >= 0.3 is 5.91 Å². The van der Waals surface area contributed by atoms with Crippen molar-refractivity contribution in [1.82, 2.24) is 4.98 Å². The van der Waals surface area contributed by atoms with E-state index in [4.69, 9.17) is 16.0 Å². The Bertz CT molecular complexity index is 1290. The second kappa shape index (κ2) is 7.12. The fourth-order valence-corrected chi connectivity index (χ4v) is 4.68. The monoisotopic (exact) mass is 436 g/mol. The van der Waals surface area contributed by atoms with E-state index in [0.717, 1.165) is 4.70 Å². The first-order chi connectivity index (χ1) is 14.5. The third kappa shape index (κ3) is 2.91. The second-order valence-electron chi connectivity index (χ2n) is 6.66. The number of carbonyl (C=O) groups is 2. The third-order valence-corrected chi connectivity index (χ3v) is 6.11. The van der Waals surface area contributed by atoms with Crippen LogP contribution in [-0.2, 0) is 9.59 Å². The van der Waals surface area contributed by atoms with Crippen molar-refractivity contribution in [3.05, 3.63) is 88.8 Å². The molecule has 0 aliphatic carbocycles. The maximum absolute atomic E-state index is 13.0. The number of thiazole rings is 1. The lowest BCUT2D eigenvalue weighted by molar-refractivity contribution is -0.132. The molecule has 2 aromatic heterocycles. The number of ketones is 1. The second-order valence-corrected chi connectivity index (χ2v) is 8.10. The van der Waals surface area contributed by atoms with Gasteiger partial charge < -0.3 is 9.52 Å². The number of aromatic nitrogens is 1. The number of furan rings is 1. The van der Waals surface area contributed by atoms with Crippen molar-refractivity contribution in [2.45, 2.75) is 6.04 Å². The summed E-state index contributed by atoms with van der Waals surface area (Å²) in [6.07, 6.45) is 1.45. The van der Waals surface area contributed by atoms with Gasteiger partial charge in [-0.05, 0) is 36.4 Å². The lowest BCUT2D eigenvalue weighted by Gasteiger charge is -2.20. The highest BCUT2D eigenvalue weighted by Gasteiger charge is 2.49. The number of carbonyl (C=O) groups excluding carboxylic acids is 2. The Morgan fingerprint density at radius 3 is 2.67 bits per heavy atom. The number of aliphatic hydroxyl groups is 1. The van der Waals surface area contributed by atoms with Gasteiger partial charge in [0.2, 0.25) is 0 Å². The standard InChI is InChI=1S/C22H13ClN2O4S/c23-13-6-3-5-12(11-13)19(26)17-18(15-8-4-10-29-15)25(21(28)20(17)27)22-24-14-7-1-2-9-16(14)30-22/h1-11,18,26H/b19-17+. The molecule has 3 heterocycles. The fourth-order valence-electron chi connectivity index (χ4n) is 3.50. The minimum absolute atomic E-state index is 0.0727. The molecular weight excluding hydrogens is 424 g/mol. The Morgan fingerprint density at radius 1 is 1.10 bits per heavy atom. The van der Waals surface area contributed by atoms with Crippen LogP contribution in [0, 0.1) is 0 Å².